The van der Waals surface area contributed by atoms with Gasteiger partial charge < -0.3 is 10.2 Å². The number of anilines is 1. The average Bonchev–Trinajstić information content (AvgIpc) is 3.03. The third kappa shape index (κ3) is 4.05. The van der Waals surface area contributed by atoms with Gasteiger partial charge in [0, 0.05) is 30.9 Å². The van der Waals surface area contributed by atoms with E-state index in [1.165, 1.54) is 16.8 Å². The Labute approximate surface area is 144 Å². The van der Waals surface area contributed by atoms with E-state index < -0.39 is 0 Å². The fraction of sp³-hybridized carbons (Fsp3) is 0.316. The largest absolute Gasteiger partial charge is 0.384 e. The Kier molecular flexibility index (Phi) is 6.05. The van der Waals surface area contributed by atoms with Gasteiger partial charge in [-0.3, -0.25) is 4.79 Å². The number of fused-ring (bicyclic) bond motifs is 1. The van der Waals surface area contributed by atoms with Crippen LogP contribution in [0, 0.1) is 0 Å². The van der Waals surface area contributed by atoms with Crippen LogP contribution in [-0.2, 0) is 12.8 Å². The molecular formula is C19H23ClN2O. The van der Waals surface area contributed by atoms with Gasteiger partial charge in [-0.25, -0.2) is 0 Å². The normalized spacial score (nSPS) is 12.0. The standard InChI is InChI=1S/C19H22N2O.ClH/c1-2-21(13-11-15-6-4-3-5-7-15)19(22)17-8-9-18-16(14-17)10-12-20-18;/h3-9,14,20H,2,10-13H2,1H3;1H. The molecule has 0 fully saturated rings. The predicted octanol–water partition coefficient (Wildman–Crippen LogP) is 3.78. The van der Waals surface area contributed by atoms with Crippen molar-refractivity contribution in [3.8, 4) is 0 Å². The Morgan fingerprint density at radius 1 is 1.17 bits per heavy atom. The first-order chi connectivity index (χ1) is 10.8. The van der Waals surface area contributed by atoms with Crippen molar-refractivity contribution in [3.05, 3.63) is 65.2 Å². The first-order valence-corrected chi connectivity index (χ1v) is 7.98. The van der Waals surface area contributed by atoms with Gasteiger partial charge in [-0.05, 0) is 49.1 Å². The quantitative estimate of drug-likeness (QED) is 0.904. The molecule has 0 radical (unpaired) electrons. The van der Waals surface area contributed by atoms with Crippen LogP contribution in [0.15, 0.2) is 48.5 Å². The summed E-state index contributed by atoms with van der Waals surface area (Å²) in [6.07, 6.45) is 1.90. The Hall–Kier alpha value is -2.00. The van der Waals surface area contributed by atoms with Crippen molar-refractivity contribution in [3.63, 3.8) is 0 Å². The Morgan fingerprint density at radius 3 is 2.70 bits per heavy atom. The van der Waals surface area contributed by atoms with Gasteiger partial charge >= 0.3 is 0 Å². The monoisotopic (exact) mass is 330 g/mol. The lowest BCUT2D eigenvalue weighted by Crippen LogP contribution is -2.32. The number of likely N-dealkylation sites (N-methyl/N-ethyl adjacent to an activating group) is 1. The molecule has 2 aromatic carbocycles. The maximum atomic E-state index is 12.7. The molecule has 0 unspecified atom stereocenters. The average molecular weight is 331 g/mol. The molecule has 1 aliphatic heterocycles. The van der Waals surface area contributed by atoms with Crippen molar-refractivity contribution < 1.29 is 4.79 Å². The second-order valence-electron chi connectivity index (χ2n) is 5.67. The van der Waals surface area contributed by atoms with Gasteiger partial charge in [0.15, 0.2) is 0 Å². The molecule has 1 amide bonds. The molecule has 122 valence electrons. The van der Waals surface area contributed by atoms with E-state index in [0.717, 1.165) is 38.0 Å². The number of halogens is 1. The molecule has 0 saturated carbocycles. The zero-order valence-corrected chi connectivity index (χ0v) is 14.2. The second-order valence-corrected chi connectivity index (χ2v) is 5.67. The van der Waals surface area contributed by atoms with Crippen molar-refractivity contribution in [2.24, 2.45) is 0 Å². The van der Waals surface area contributed by atoms with E-state index in [-0.39, 0.29) is 18.3 Å². The van der Waals surface area contributed by atoms with Gasteiger partial charge in [0.1, 0.15) is 0 Å². The van der Waals surface area contributed by atoms with E-state index in [1.807, 2.05) is 48.2 Å². The molecule has 0 saturated heterocycles. The minimum atomic E-state index is 0. The summed E-state index contributed by atoms with van der Waals surface area (Å²) in [4.78, 5) is 14.6. The van der Waals surface area contributed by atoms with Crippen molar-refractivity contribution in [1.29, 1.82) is 0 Å². The minimum Gasteiger partial charge on any atom is -0.384 e. The zero-order valence-electron chi connectivity index (χ0n) is 13.4. The van der Waals surface area contributed by atoms with Crippen molar-refractivity contribution in [2.45, 2.75) is 19.8 Å². The Bertz CT molecular complexity index is 658. The first-order valence-electron chi connectivity index (χ1n) is 7.98. The first kappa shape index (κ1) is 17.4. The van der Waals surface area contributed by atoms with Crippen LogP contribution >= 0.6 is 12.4 Å². The summed E-state index contributed by atoms with van der Waals surface area (Å²) in [6.45, 7) is 4.51. The summed E-state index contributed by atoms with van der Waals surface area (Å²) in [7, 11) is 0. The SMILES string of the molecule is CCN(CCc1ccccc1)C(=O)c1ccc2c(c1)CCN2.Cl. The number of nitrogens with one attached hydrogen (secondary N) is 1. The van der Waals surface area contributed by atoms with Gasteiger partial charge in [0.2, 0.25) is 0 Å². The van der Waals surface area contributed by atoms with Crippen LogP contribution in [0.2, 0.25) is 0 Å². The maximum Gasteiger partial charge on any atom is 0.253 e. The number of rotatable bonds is 5. The third-order valence-corrected chi connectivity index (χ3v) is 4.24. The van der Waals surface area contributed by atoms with Gasteiger partial charge in [-0.1, -0.05) is 30.3 Å². The molecule has 1 N–H and O–H groups in total. The number of amides is 1. The van der Waals surface area contributed by atoms with Crippen LogP contribution in [0.25, 0.3) is 0 Å². The minimum absolute atomic E-state index is 0. The fourth-order valence-corrected chi connectivity index (χ4v) is 2.93. The lowest BCUT2D eigenvalue weighted by atomic mass is 10.1. The van der Waals surface area contributed by atoms with E-state index in [0.29, 0.717) is 0 Å². The van der Waals surface area contributed by atoms with Crippen molar-refractivity contribution in [1.82, 2.24) is 4.90 Å². The number of hydrogen-bond donors (Lipinski definition) is 1. The van der Waals surface area contributed by atoms with Crippen LogP contribution in [0.1, 0.15) is 28.4 Å². The molecule has 1 aliphatic rings. The summed E-state index contributed by atoms with van der Waals surface area (Å²) in [5.41, 5.74) is 4.50. The van der Waals surface area contributed by atoms with Gasteiger partial charge in [0.05, 0.1) is 0 Å². The summed E-state index contributed by atoms with van der Waals surface area (Å²) in [5.74, 6) is 0.133. The van der Waals surface area contributed by atoms with E-state index in [4.69, 9.17) is 0 Å². The fourth-order valence-electron chi connectivity index (χ4n) is 2.93. The molecule has 0 aliphatic carbocycles. The Morgan fingerprint density at radius 2 is 1.96 bits per heavy atom. The number of carbonyl (C=O) groups excluding carboxylic acids is 1. The van der Waals surface area contributed by atoms with Crippen LogP contribution in [0.3, 0.4) is 0 Å². The highest BCUT2D eigenvalue weighted by Crippen LogP contribution is 2.23. The van der Waals surface area contributed by atoms with E-state index in [2.05, 4.69) is 17.4 Å². The van der Waals surface area contributed by atoms with Gasteiger partial charge in [-0.2, -0.15) is 0 Å². The smallest absolute Gasteiger partial charge is 0.253 e. The molecule has 0 atom stereocenters. The number of carbonyl (C=O) groups is 1. The molecule has 1 heterocycles. The van der Waals surface area contributed by atoms with E-state index in [1.54, 1.807) is 0 Å². The molecule has 2 aromatic rings. The molecule has 0 aromatic heterocycles. The summed E-state index contributed by atoms with van der Waals surface area (Å²) < 4.78 is 0. The number of nitrogens with zero attached hydrogens (tertiary/aromatic N) is 1. The molecule has 4 heteroatoms. The highest BCUT2D eigenvalue weighted by Gasteiger charge is 2.17. The molecule has 3 nitrogen and oxygen atoms in total. The van der Waals surface area contributed by atoms with Gasteiger partial charge in [0.25, 0.3) is 5.91 Å². The van der Waals surface area contributed by atoms with E-state index in [9.17, 15) is 4.79 Å². The molecule has 0 bridgehead atoms. The predicted molar refractivity (Wildman–Crippen MR) is 97.6 cm³/mol. The zero-order chi connectivity index (χ0) is 15.4. The van der Waals surface area contributed by atoms with E-state index >= 15 is 0 Å². The summed E-state index contributed by atoms with van der Waals surface area (Å²) in [5, 5.41) is 3.33. The van der Waals surface area contributed by atoms with Crippen LogP contribution in [0.4, 0.5) is 5.69 Å². The van der Waals surface area contributed by atoms with Crippen molar-refractivity contribution in [2.75, 3.05) is 25.0 Å². The third-order valence-electron chi connectivity index (χ3n) is 4.24. The lowest BCUT2D eigenvalue weighted by molar-refractivity contribution is 0.0766. The molecular weight excluding hydrogens is 308 g/mol. The number of benzene rings is 2. The van der Waals surface area contributed by atoms with Crippen LogP contribution < -0.4 is 5.32 Å². The lowest BCUT2D eigenvalue weighted by Gasteiger charge is -2.21. The topological polar surface area (TPSA) is 32.3 Å². The second kappa shape index (κ2) is 8.02. The van der Waals surface area contributed by atoms with Crippen molar-refractivity contribution >= 4 is 24.0 Å². The highest BCUT2D eigenvalue weighted by molar-refractivity contribution is 5.95. The maximum absolute atomic E-state index is 12.7. The molecule has 3 rings (SSSR count). The van der Waals surface area contributed by atoms with Crippen LogP contribution in [-0.4, -0.2) is 30.4 Å². The summed E-state index contributed by atoms with van der Waals surface area (Å²) in [6, 6.07) is 16.3. The highest BCUT2D eigenvalue weighted by atomic mass is 35.5. The Balaban J connectivity index is 0.00000192. The molecule has 23 heavy (non-hydrogen) atoms. The molecule has 0 spiro atoms. The summed E-state index contributed by atoms with van der Waals surface area (Å²) >= 11 is 0. The number of hydrogen-bond acceptors (Lipinski definition) is 2. The van der Waals surface area contributed by atoms with Crippen LogP contribution in [0.5, 0.6) is 0 Å². The van der Waals surface area contributed by atoms with Gasteiger partial charge in [-0.15, -0.1) is 12.4 Å².